The number of unbranched alkanes of at least 4 members (excludes halogenated alkanes) is 1. The van der Waals surface area contributed by atoms with E-state index >= 15 is 0 Å². The minimum Gasteiger partial charge on any atom is -0.494 e. The summed E-state index contributed by atoms with van der Waals surface area (Å²) in [7, 11) is 0. The smallest absolute Gasteiger partial charge is 0.119 e. The van der Waals surface area contributed by atoms with E-state index in [1.54, 1.807) is 12.4 Å². The molecular formula is C19H21NO. The van der Waals surface area contributed by atoms with Crippen molar-refractivity contribution in [1.82, 2.24) is 4.98 Å². The van der Waals surface area contributed by atoms with E-state index in [1.807, 2.05) is 36.4 Å². The molecule has 2 heteroatoms. The number of benzene rings is 1. The van der Waals surface area contributed by atoms with Crippen LogP contribution < -0.4 is 4.74 Å². The molecule has 0 N–H and O–H groups in total. The molecule has 0 aliphatic carbocycles. The Balaban J connectivity index is 1.85. The Bertz CT molecular complexity index is 570. The van der Waals surface area contributed by atoms with Gasteiger partial charge < -0.3 is 4.74 Å². The highest BCUT2D eigenvalue weighted by molar-refractivity contribution is 5.57. The lowest BCUT2D eigenvalue weighted by molar-refractivity contribution is 0.309. The number of rotatable bonds is 7. The zero-order valence-corrected chi connectivity index (χ0v) is 12.4. The molecule has 108 valence electrons. The monoisotopic (exact) mass is 279 g/mol. The summed E-state index contributed by atoms with van der Waals surface area (Å²) in [5, 5.41) is 0. The van der Waals surface area contributed by atoms with Gasteiger partial charge in [0, 0.05) is 12.4 Å². The molecule has 0 amide bonds. The maximum Gasteiger partial charge on any atom is 0.119 e. The first-order valence-corrected chi connectivity index (χ1v) is 7.36. The quantitative estimate of drug-likeness (QED) is 0.526. The molecule has 0 saturated carbocycles. The predicted octanol–water partition coefficient (Wildman–Crippen LogP) is 4.99. The molecule has 0 fully saturated rings. The van der Waals surface area contributed by atoms with E-state index in [4.69, 9.17) is 4.74 Å². The lowest BCUT2D eigenvalue weighted by atomic mass is 10.2. The Labute approximate surface area is 126 Å². The van der Waals surface area contributed by atoms with Gasteiger partial charge in [-0.3, -0.25) is 4.98 Å². The van der Waals surface area contributed by atoms with Crippen LogP contribution >= 0.6 is 0 Å². The molecule has 0 saturated heterocycles. The standard InChI is InChI=1S/C19H21NO/c1-2-3-16-21-19-10-8-17(9-11-19)6-4-5-7-18-12-14-20-15-13-18/h4-15H,2-3,16H2,1H3/b6-4+,7-5+. The Morgan fingerprint density at radius 2 is 1.52 bits per heavy atom. The first-order valence-electron chi connectivity index (χ1n) is 7.36. The number of hydrogen-bond acceptors (Lipinski definition) is 2. The summed E-state index contributed by atoms with van der Waals surface area (Å²) < 4.78 is 5.64. The summed E-state index contributed by atoms with van der Waals surface area (Å²) in [5.41, 5.74) is 2.31. The van der Waals surface area contributed by atoms with E-state index in [1.165, 1.54) is 0 Å². The SMILES string of the molecule is CCCCOc1ccc(/C=C/C=C/c2ccncc2)cc1. The van der Waals surface area contributed by atoms with Crippen molar-refractivity contribution < 1.29 is 4.74 Å². The van der Waals surface area contributed by atoms with Crippen LogP contribution in [0.15, 0.2) is 60.9 Å². The second-order valence-corrected chi connectivity index (χ2v) is 4.77. The van der Waals surface area contributed by atoms with Gasteiger partial charge in [-0.05, 0) is 41.8 Å². The van der Waals surface area contributed by atoms with E-state index < -0.39 is 0 Å². The Hall–Kier alpha value is -2.35. The van der Waals surface area contributed by atoms with Gasteiger partial charge in [0.25, 0.3) is 0 Å². The van der Waals surface area contributed by atoms with E-state index in [2.05, 4.69) is 36.2 Å². The van der Waals surface area contributed by atoms with Crippen LogP contribution in [0.5, 0.6) is 5.75 Å². The van der Waals surface area contributed by atoms with Crippen molar-refractivity contribution in [3.63, 3.8) is 0 Å². The Morgan fingerprint density at radius 3 is 2.14 bits per heavy atom. The van der Waals surface area contributed by atoms with Crippen LogP contribution in [0.25, 0.3) is 12.2 Å². The van der Waals surface area contributed by atoms with Gasteiger partial charge in [-0.2, -0.15) is 0 Å². The second-order valence-electron chi connectivity index (χ2n) is 4.77. The molecule has 2 rings (SSSR count). The maximum atomic E-state index is 5.64. The molecule has 0 radical (unpaired) electrons. The van der Waals surface area contributed by atoms with Crippen LogP contribution in [-0.4, -0.2) is 11.6 Å². The molecule has 2 nitrogen and oxygen atoms in total. The number of hydrogen-bond donors (Lipinski definition) is 0. The summed E-state index contributed by atoms with van der Waals surface area (Å²) in [5.74, 6) is 0.938. The number of allylic oxidation sites excluding steroid dienone is 2. The fraction of sp³-hybridized carbons (Fsp3) is 0.211. The summed E-state index contributed by atoms with van der Waals surface area (Å²) in [4.78, 5) is 3.99. The van der Waals surface area contributed by atoms with Crippen molar-refractivity contribution in [2.24, 2.45) is 0 Å². The molecule has 0 bridgehead atoms. The molecule has 0 atom stereocenters. The fourth-order valence-corrected chi connectivity index (χ4v) is 1.82. The third kappa shape index (κ3) is 5.65. The highest BCUT2D eigenvalue weighted by Gasteiger charge is 1.92. The third-order valence-corrected chi connectivity index (χ3v) is 3.04. The van der Waals surface area contributed by atoms with Crippen LogP contribution in [0.4, 0.5) is 0 Å². The number of nitrogens with zero attached hydrogens (tertiary/aromatic N) is 1. The zero-order valence-electron chi connectivity index (χ0n) is 12.4. The van der Waals surface area contributed by atoms with Gasteiger partial charge in [-0.25, -0.2) is 0 Å². The zero-order chi connectivity index (χ0) is 14.8. The van der Waals surface area contributed by atoms with Crippen molar-refractivity contribution in [3.8, 4) is 5.75 Å². The molecule has 0 aliphatic rings. The normalized spacial score (nSPS) is 11.3. The minimum atomic E-state index is 0.792. The van der Waals surface area contributed by atoms with Gasteiger partial charge >= 0.3 is 0 Å². The van der Waals surface area contributed by atoms with Gasteiger partial charge in [0.05, 0.1) is 6.61 Å². The maximum absolute atomic E-state index is 5.64. The Kier molecular flexibility index (Phi) is 6.27. The molecule has 21 heavy (non-hydrogen) atoms. The average Bonchev–Trinajstić information content (AvgIpc) is 2.54. The highest BCUT2D eigenvalue weighted by Crippen LogP contribution is 2.13. The fourth-order valence-electron chi connectivity index (χ4n) is 1.82. The number of pyridine rings is 1. The van der Waals surface area contributed by atoms with Gasteiger partial charge in [0.2, 0.25) is 0 Å². The van der Waals surface area contributed by atoms with Crippen molar-refractivity contribution in [2.75, 3.05) is 6.61 Å². The molecular weight excluding hydrogens is 258 g/mol. The van der Waals surface area contributed by atoms with Crippen LogP contribution in [0.1, 0.15) is 30.9 Å². The molecule has 0 aliphatic heterocycles. The summed E-state index contributed by atoms with van der Waals surface area (Å²) in [6, 6.07) is 12.1. The van der Waals surface area contributed by atoms with Crippen molar-refractivity contribution in [2.45, 2.75) is 19.8 Å². The molecule has 0 spiro atoms. The molecule has 1 aromatic heterocycles. The lowest BCUT2D eigenvalue weighted by Gasteiger charge is -2.04. The van der Waals surface area contributed by atoms with Crippen molar-refractivity contribution >= 4 is 12.2 Å². The number of aromatic nitrogens is 1. The van der Waals surface area contributed by atoms with E-state index in [-0.39, 0.29) is 0 Å². The van der Waals surface area contributed by atoms with Gasteiger partial charge in [0.1, 0.15) is 5.75 Å². The number of ether oxygens (including phenoxy) is 1. The van der Waals surface area contributed by atoms with Crippen molar-refractivity contribution in [1.29, 1.82) is 0 Å². The van der Waals surface area contributed by atoms with Gasteiger partial charge in [-0.15, -0.1) is 0 Å². The second kappa shape index (κ2) is 8.75. The predicted molar refractivity (Wildman–Crippen MR) is 89.2 cm³/mol. The highest BCUT2D eigenvalue weighted by atomic mass is 16.5. The minimum absolute atomic E-state index is 0.792. The summed E-state index contributed by atoms with van der Waals surface area (Å²) in [6.45, 7) is 2.96. The van der Waals surface area contributed by atoms with E-state index in [9.17, 15) is 0 Å². The average molecular weight is 279 g/mol. The summed E-state index contributed by atoms with van der Waals surface area (Å²) >= 11 is 0. The largest absolute Gasteiger partial charge is 0.494 e. The molecule has 1 heterocycles. The molecule has 0 unspecified atom stereocenters. The van der Waals surface area contributed by atoms with Gasteiger partial charge in [0.15, 0.2) is 0 Å². The lowest BCUT2D eigenvalue weighted by Crippen LogP contribution is -1.95. The molecule has 2 aromatic rings. The van der Waals surface area contributed by atoms with E-state index in [0.29, 0.717) is 0 Å². The topological polar surface area (TPSA) is 22.1 Å². The van der Waals surface area contributed by atoms with Crippen LogP contribution in [0, 0.1) is 0 Å². The first-order chi connectivity index (χ1) is 10.4. The summed E-state index contributed by atoms with van der Waals surface area (Å²) in [6.07, 6.45) is 14.0. The van der Waals surface area contributed by atoms with E-state index in [0.717, 1.165) is 36.3 Å². The third-order valence-electron chi connectivity index (χ3n) is 3.04. The van der Waals surface area contributed by atoms with Crippen LogP contribution in [-0.2, 0) is 0 Å². The van der Waals surface area contributed by atoms with Gasteiger partial charge in [-0.1, -0.05) is 49.8 Å². The van der Waals surface area contributed by atoms with Crippen molar-refractivity contribution in [3.05, 3.63) is 72.1 Å². The Morgan fingerprint density at radius 1 is 0.905 bits per heavy atom. The first kappa shape index (κ1) is 15.0. The van der Waals surface area contributed by atoms with Crippen LogP contribution in [0.2, 0.25) is 0 Å². The van der Waals surface area contributed by atoms with Crippen LogP contribution in [0.3, 0.4) is 0 Å². The molecule has 1 aromatic carbocycles.